The predicted octanol–water partition coefficient (Wildman–Crippen LogP) is 12.4. The van der Waals surface area contributed by atoms with Crippen LogP contribution >= 0.6 is 0 Å². The zero-order chi connectivity index (χ0) is 30.1. The number of rotatable bonds is 34. The number of hydrogen-bond donors (Lipinski definition) is 0. The standard InChI is InChI=1S/C38H70O3/c1-3-5-7-9-11-13-15-17-19-21-23-25-27-29-31-33-37(40)36(35-39)38(41)34-32-30-28-26-24-22-20-18-16-14-12-10-8-6-4-2/h3-34H2,1-2H3. The minimum atomic E-state index is -0.291. The second-order valence-electron chi connectivity index (χ2n) is 12.7. The average molecular weight is 575 g/mol. The van der Waals surface area contributed by atoms with Gasteiger partial charge in [-0.1, -0.05) is 194 Å². The molecule has 0 unspecified atom stereocenters. The fourth-order valence-corrected chi connectivity index (χ4v) is 5.83. The van der Waals surface area contributed by atoms with Gasteiger partial charge in [-0.25, -0.2) is 4.79 Å². The molecule has 0 rings (SSSR count). The van der Waals surface area contributed by atoms with E-state index in [2.05, 4.69) is 13.8 Å². The van der Waals surface area contributed by atoms with Crippen molar-refractivity contribution in [2.75, 3.05) is 0 Å². The molecule has 0 aromatic heterocycles. The molecule has 240 valence electrons. The van der Waals surface area contributed by atoms with E-state index in [9.17, 15) is 14.4 Å². The molecule has 3 heteroatoms. The molecule has 0 heterocycles. The Morgan fingerprint density at radius 3 is 0.732 bits per heavy atom. The summed E-state index contributed by atoms with van der Waals surface area (Å²) in [6.07, 6.45) is 39.0. The summed E-state index contributed by atoms with van der Waals surface area (Å²) in [6, 6.07) is 0. The van der Waals surface area contributed by atoms with Crippen LogP contribution in [0.3, 0.4) is 0 Å². The third-order valence-corrected chi connectivity index (χ3v) is 8.67. The Bertz CT molecular complexity index is 583. The van der Waals surface area contributed by atoms with Crippen LogP contribution in [0.25, 0.3) is 0 Å². The molecule has 41 heavy (non-hydrogen) atoms. The smallest absolute Gasteiger partial charge is 0.177 e. The molecular weight excluding hydrogens is 504 g/mol. The summed E-state index contributed by atoms with van der Waals surface area (Å²) < 4.78 is 0. The van der Waals surface area contributed by atoms with E-state index >= 15 is 0 Å². The Morgan fingerprint density at radius 1 is 0.341 bits per heavy atom. The molecular formula is C38H70O3. The average Bonchev–Trinajstić information content (AvgIpc) is 2.97. The van der Waals surface area contributed by atoms with Crippen LogP contribution in [0.2, 0.25) is 0 Å². The first-order valence-electron chi connectivity index (χ1n) is 18.5. The minimum absolute atomic E-state index is 0.208. The monoisotopic (exact) mass is 575 g/mol. The summed E-state index contributed by atoms with van der Waals surface area (Å²) in [5, 5.41) is 0. The van der Waals surface area contributed by atoms with Crippen LogP contribution in [0.4, 0.5) is 0 Å². The second kappa shape index (κ2) is 33.3. The van der Waals surface area contributed by atoms with Crippen LogP contribution in [-0.4, -0.2) is 17.5 Å². The molecule has 0 aromatic rings. The van der Waals surface area contributed by atoms with E-state index in [4.69, 9.17) is 0 Å². The molecule has 0 atom stereocenters. The molecule has 0 spiro atoms. The van der Waals surface area contributed by atoms with Crippen LogP contribution in [0.15, 0.2) is 5.57 Å². The molecule has 0 saturated carbocycles. The molecule has 0 aliphatic rings. The van der Waals surface area contributed by atoms with E-state index in [0.717, 1.165) is 38.5 Å². The summed E-state index contributed by atoms with van der Waals surface area (Å²) in [5.74, 6) is 1.09. The zero-order valence-electron chi connectivity index (χ0n) is 27.9. The molecule has 3 nitrogen and oxygen atoms in total. The molecule has 0 amide bonds. The van der Waals surface area contributed by atoms with E-state index < -0.39 is 0 Å². The van der Waals surface area contributed by atoms with E-state index in [1.807, 2.05) is 0 Å². The van der Waals surface area contributed by atoms with Crippen LogP contribution in [0.1, 0.15) is 219 Å². The molecule has 0 aromatic carbocycles. The Labute approximate surface area is 256 Å². The Kier molecular flexibility index (Phi) is 32.3. The van der Waals surface area contributed by atoms with Gasteiger partial charge in [-0.05, 0) is 12.8 Å². The largest absolute Gasteiger partial charge is 0.293 e. The number of Topliss-reactive ketones (excluding diaryl/α,β-unsaturated/α-hetero) is 2. The van der Waals surface area contributed by atoms with Gasteiger partial charge >= 0.3 is 0 Å². The van der Waals surface area contributed by atoms with Crippen LogP contribution in [0.5, 0.6) is 0 Å². The molecule has 0 saturated heterocycles. The summed E-state index contributed by atoms with van der Waals surface area (Å²) in [4.78, 5) is 36.1. The van der Waals surface area contributed by atoms with E-state index in [0.29, 0.717) is 12.8 Å². The zero-order valence-corrected chi connectivity index (χ0v) is 27.9. The van der Waals surface area contributed by atoms with Gasteiger partial charge in [0.15, 0.2) is 11.6 Å². The first-order valence-corrected chi connectivity index (χ1v) is 18.5. The highest BCUT2D eigenvalue weighted by molar-refractivity contribution is 6.25. The van der Waals surface area contributed by atoms with Crippen LogP contribution in [0, 0.1) is 0 Å². The van der Waals surface area contributed by atoms with Crippen molar-refractivity contribution < 1.29 is 14.4 Å². The van der Waals surface area contributed by atoms with Crippen molar-refractivity contribution in [3.63, 3.8) is 0 Å². The van der Waals surface area contributed by atoms with Gasteiger partial charge in [-0.2, -0.15) is 0 Å². The van der Waals surface area contributed by atoms with Crippen molar-refractivity contribution in [1.82, 2.24) is 0 Å². The molecule has 0 aliphatic carbocycles. The van der Waals surface area contributed by atoms with E-state index in [1.54, 1.807) is 5.94 Å². The number of hydrogen-bond acceptors (Lipinski definition) is 3. The fraction of sp³-hybridized carbons (Fsp3) is 0.895. The molecule has 0 fully saturated rings. The topological polar surface area (TPSA) is 51.2 Å². The number of allylic oxidation sites excluding steroid dienone is 1. The summed E-state index contributed by atoms with van der Waals surface area (Å²) >= 11 is 0. The van der Waals surface area contributed by atoms with Crippen molar-refractivity contribution in [2.24, 2.45) is 0 Å². The lowest BCUT2D eigenvalue weighted by molar-refractivity contribution is -0.121. The highest BCUT2D eigenvalue weighted by Crippen LogP contribution is 2.16. The number of unbranched alkanes of at least 4 members (excludes halogenated alkanes) is 28. The van der Waals surface area contributed by atoms with Crippen molar-refractivity contribution in [2.45, 2.75) is 219 Å². The van der Waals surface area contributed by atoms with Crippen molar-refractivity contribution in [1.29, 1.82) is 0 Å². The maximum Gasteiger partial charge on any atom is 0.177 e. The van der Waals surface area contributed by atoms with E-state index in [1.165, 1.54) is 154 Å². The number of carbonyl (C=O) groups excluding carboxylic acids is 3. The van der Waals surface area contributed by atoms with E-state index in [-0.39, 0.29) is 17.1 Å². The Hall–Kier alpha value is -1.21. The predicted molar refractivity (Wildman–Crippen MR) is 178 cm³/mol. The van der Waals surface area contributed by atoms with Gasteiger partial charge in [0.2, 0.25) is 0 Å². The molecule has 0 bridgehead atoms. The number of carbonyl (C=O) groups is 2. The highest BCUT2D eigenvalue weighted by atomic mass is 16.2. The van der Waals surface area contributed by atoms with Gasteiger partial charge in [-0.3, -0.25) is 9.59 Å². The second-order valence-corrected chi connectivity index (χ2v) is 12.7. The SMILES string of the molecule is CCCCCCCCCCCCCCCCCC(=O)C(=C=O)C(=O)CCCCCCCCCCCCCCCCC. The van der Waals surface area contributed by atoms with Crippen LogP contribution < -0.4 is 0 Å². The normalized spacial score (nSPS) is 11.1. The fourth-order valence-electron chi connectivity index (χ4n) is 5.83. The van der Waals surface area contributed by atoms with Gasteiger partial charge in [0.1, 0.15) is 11.5 Å². The highest BCUT2D eigenvalue weighted by Gasteiger charge is 2.18. The summed E-state index contributed by atoms with van der Waals surface area (Å²) in [6.45, 7) is 4.54. The minimum Gasteiger partial charge on any atom is -0.293 e. The first-order chi connectivity index (χ1) is 20.2. The summed E-state index contributed by atoms with van der Waals surface area (Å²) in [7, 11) is 0. The van der Waals surface area contributed by atoms with Crippen molar-refractivity contribution >= 4 is 17.5 Å². The molecule has 0 N–H and O–H groups in total. The Morgan fingerprint density at radius 2 is 0.537 bits per heavy atom. The molecule has 0 radical (unpaired) electrons. The van der Waals surface area contributed by atoms with Gasteiger partial charge in [-0.15, -0.1) is 0 Å². The van der Waals surface area contributed by atoms with Crippen molar-refractivity contribution in [3.8, 4) is 0 Å². The maximum atomic E-state index is 12.4. The third kappa shape index (κ3) is 28.7. The van der Waals surface area contributed by atoms with Crippen LogP contribution in [-0.2, 0) is 14.4 Å². The lowest BCUT2D eigenvalue weighted by atomic mass is 9.98. The maximum absolute atomic E-state index is 12.4. The summed E-state index contributed by atoms with van der Waals surface area (Å²) in [5.41, 5.74) is -0.208. The van der Waals surface area contributed by atoms with Crippen molar-refractivity contribution in [3.05, 3.63) is 5.57 Å². The van der Waals surface area contributed by atoms with Gasteiger partial charge in [0, 0.05) is 12.8 Å². The lowest BCUT2D eigenvalue weighted by Gasteiger charge is -2.05. The number of ketones is 2. The van der Waals surface area contributed by atoms with Gasteiger partial charge in [0.05, 0.1) is 0 Å². The first kappa shape index (κ1) is 39.8. The quantitative estimate of drug-likeness (QED) is 0.0252. The van der Waals surface area contributed by atoms with Gasteiger partial charge < -0.3 is 0 Å². The Balaban J connectivity index is 3.55. The lowest BCUT2D eigenvalue weighted by Crippen LogP contribution is -2.13. The van der Waals surface area contributed by atoms with Gasteiger partial charge in [0.25, 0.3) is 0 Å². The molecule has 0 aliphatic heterocycles. The third-order valence-electron chi connectivity index (χ3n) is 8.67.